The van der Waals surface area contributed by atoms with E-state index in [1.54, 1.807) is 62.6 Å². The lowest BCUT2D eigenvalue weighted by molar-refractivity contribution is 0.0526. The number of methoxy groups -OCH3 is 1. The second-order valence-corrected chi connectivity index (χ2v) is 4.36. The normalized spacial score (nSPS) is 10.0. The van der Waals surface area contributed by atoms with Crippen LogP contribution in [0.15, 0.2) is 48.5 Å². The van der Waals surface area contributed by atoms with E-state index in [1.807, 2.05) is 0 Å². The van der Waals surface area contributed by atoms with Gasteiger partial charge in [-0.2, -0.15) is 0 Å². The maximum atomic E-state index is 12.4. The summed E-state index contributed by atoms with van der Waals surface area (Å²) in [6.07, 6.45) is 0. The van der Waals surface area contributed by atoms with Crippen molar-refractivity contribution in [2.24, 2.45) is 0 Å². The van der Waals surface area contributed by atoms with E-state index in [9.17, 15) is 9.59 Å². The molecule has 0 aromatic heterocycles. The van der Waals surface area contributed by atoms with Crippen molar-refractivity contribution in [3.05, 3.63) is 65.2 Å². The lowest BCUT2D eigenvalue weighted by Gasteiger charge is -2.06. The molecule has 0 atom stereocenters. The molecule has 0 aliphatic heterocycles. The number of benzene rings is 2. The molecule has 0 bridgehead atoms. The highest BCUT2D eigenvalue weighted by molar-refractivity contribution is 6.10. The maximum Gasteiger partial charge on any atom is 0.338 e. The summed E-state index contributed by atoms with van der Waals surface area (Å²) in [7, 11) is 1.55. The Morgan fingerprint density at radius 1 is 0.952 bits per heavy atom. The first-order valence-corrected chi connectivity index (χ1v) is 6.61. The molecule has 2 rings (SSSR count). The van der Waals surface area contributed by atoms with E-state index >= 15 is 0 Å². The molecule has 0 amide bonds. The number of carbonyl (C=O) groups excluding carboxylic acids is 2. The van der Waals surface area contributed by atoms with Gasteiger partial charge in [0.2, 0.25) is 0 Å². The molecule has 0 saturated carbocycles. The Hall–Kier alpha value is -2.62. The molecule has 0 radical (unpaired) electrons. The minimum Gasteiger partial charge on any atom is -0.497 e. The van der Waals surface area contributed by atoms with Crippen molar-refractivity contribution < 1.29 is 19.1 Å². The van der Waals surface area contributed by atoms with Crippen molar-refractivity contribution in [1.82, 2.24) is 0 Å². The summed E-state index contributed by atoms with van der Waals surface area (Å²) in [4.78, 5) is 24.1. The molecule has 108 valence electrons. The Balaban J connectivity index is 2.30. The number of hydrogen-bond acceptors (Lipinski definition) is 4. The second-order valence-electron chi connectivity index (χ2n) is 4.36. The topological polar surface area (TPSA) is 52.6 Å². The van der Waals surface area contributed by atoms with Crippen molar-refractivity contribution in [3.8, 4) is 5.75 Å². The highest BCUT2D eigenvalue weighted by Crippen LogP contribution is 2.17. The zero-order valence-corrected chi connectivity index (χ0v) is 12.0. The zero-order chi connectivity index (χ0) is 15.2. The number of ether oxygens (including phenoxy) is 2. The SMILES string of the molecule is CCOC(=O)c1cccc(C(=O)c2cccc(OC)c2)c1. The van der Waals surface area contributed by atoms with Gasteiger partial charge in [0.15, 0.2) is 5.78 Å². The van der Waals surface area contributed by atoms with Crippen molar-refractivity contribution in [2.75, 3.05) is 13.7 Å². The largest absolute Gasteiger partial charge is 0.497 e. The molecule has 0 saturated heterocycles. The number of ketones is 1. The molecule has 0 unspecified atom stereocenters. The highest BCUT2D eigenvalue weighted by Gasteiger charge is 2.13. The monoisotopic (exact) mass is 284 g/mol. The molecule has 0 fully saturated rings. The minimum atomic E-state index is -0.433. The molecular weight excluding hydrogens is 268 g/mol. The summed E-state index contributed by atoms with van der Waals surface area (Å²) in [5.74, 6) is 0.0141. The molecule has 21 heavy (non-hydrogen) atoms. The average Bonchev–Trinajstić information content (AvgIpc) is 2.54. The van der Waals surface area contributed by atoms with E-state index in [4.69, 9.17) is 9.47 Å². The molecule has 0 N–H and O–H groups in total. The van der Waals surface area contributed by atoms with Gasteiger partial charge < -0.3 is 9.47 Å². The Morgan fingerprint density at radius 3 is 2.24 bits per heavy atom. The van der Waals surface area contributed by atoms with Crippen molar-refractivity contribution >= 4 is 11.8 Å². The van der Waals surface area contributed by atoms with Crippen LogP contribution in [0.4, 0.5) is 0 Å². The van der Waals surface area contributed by atoms with Crippen LogP contribution in [0.2, 0.25) is 0 Å². The lowest BCUT2D eigenvalue weighted by Crippen LogP contribution is -2.07. The third-order valence-corrected chi connectivity index (χ3v) is 2.97. The van der Waals surface area contributed by atoms with Gasteiger partial charge in [-0.3, -0.25) is 4.79 Å². The van der Waals surface area contributed by atoms with Crippen molar-refractivity contribution in [3.63, 3.8) is 0 Å². The van der Waals surface area contributed by atoms with Gasteiger partial charge in [-0.15, -0.1) is 0 Å². The van der Waals surface area contributed by atoms with Gasteiger partial charge in [0.05, 0.1) is 19.3 Å². The van der Waals surface area contributed by atoms with Crippen LogP contribution < -0.4 is 4.74 Å². The molecule has 0 spiro atoms. The van der Waals surface area contributed by atoms with Gasteiger partial charge in [-0.25, -0.2) is 4.79 Å². The Bertz CT molecular complexity index is 661. The zero-order valence-electron chi connectivity index (χ0n) is 12.0. The average molecular weight is 284 g/mol. The molecule has 4 nitrogen and oxygen atoms in total. The van der Waals surface area contributed by atoms with Gasteiger partial charge >= 0.3 is 5.97 Å². The van der Waals surface area contributed by atoms with Crippen LogP contribution >= 0.6 is 0 Å². The third kappa shape index (κ3) is 3.48. The Kier molecular flexibility index (Phi) is 4.72. The molecular formula is C17H16O4. The van der Waals surface area contributed by atoms with Crippen molar-refractivity contribution in [2.45, 2.75) is 6.92 Å². The summed E-state index contributed by atoms with van der Waals surface area (Å²) in [5, 5.41) is 0. The van der Waals surface area contributed by atoms with Gasteiger partial charge in [-0.05, 0) is 31.2 Å². The van der Waals surface area contributed by atoms with Gasteiger partial charge in [0, 0.05) is 11.1 Å². The number of rotatable bonds is 5. The minimum absolute atomic E-state index is 0.167. The van der Waals surface area contributed by atoms with Crippen LogP contribution in [0.3, 0.4) is 0 Å². The van der Waals surface area contributed by atoms with Crippen LogP contribution in [-0.4, -0.2) is 25.5 Å². The fraction of sp³-hybridized carbons (Fsp3) is 0.176. The number of carbonyl (C=O) groups is 2. The fourth-order valence-corrected chi connectivity index (χ4v) is 1.93. The molecule has 0 aliphatic carbocycles. The van der Waals surface area contributed by atoms with Crippen LogP contribution in [-0.2, 0) is 4.74 Å². The lowest BCUT2D eigenvalue weighted by atomic mass is 10.0. The maximum absolute atomic E-state index is 12.4. The van der Waals surface area contributed by atoms with Crippen LogP contribution in [0.25, 0.3) is 0 Å². The van der Waals surface area contributed by atoms with Crippen LogP contribution in [0.1, 0.15) is 33.2 Å². The summed E-state index contributed by atoms with van der Waals surface area (Å²) < 4.78 is 10.0. The van der Waals surface area contributed by atoms with E-state index in [1.165, 1.54) is 0 Å². The molecule has 2 aromatic rings. The number of hydrogen-bond donors (Lipinski definition) is 0. The smallest absolute Gasteiger partial charge is 0.338 e. The van der Waals surface area contributed by atoms with Gasteiger partial charge in [0.25, 0.3) is 0 Å². The molecule has 0 heterocycles. The first kappa shape index (κ1) is 14.8. The van der Waals surface area contributed by atoms with E-state index < -0.39 is 5.97 Å². The summed E-state index contributed by atoms with van der Waals surface area (Å²) >= 11 is 0. The van der Waals surface area contributed by atoms with Gasteiger partial charge in [-0.1, -0.05) is 24.3 Å². The Morgan fingerprint density at radius 2 is 1.57 bits per heavy atom. The van der Waals surface area contributed by atoms with E-state index in [0.717, 1.165) is 0 Å². The van der Waals surface area contributed by atoms with Crippen LogP contribution in [0.5, 0.6) is 5.75 Å². The third-order valence-electron chi connectivity index (χ3n) is 2.97. The summed E-state index contributed by atoms with van der Waals surface area (Å²) in [6, 6.07) is 13.4. The standard InChI is InChI=1S/C17H16O4/c1-3-21-17(19)14-8-4-6-12(10-14)16(18)13-7-5-9-15(11-13)20-2/h4-11H,3H2,1-2H3. The fourth-order valence-electron chi connectivity index (χ4n) is 1.93. The first-order valence-electron chi connectivity index (χ1n) is 6.61. The predicted molar refractivity (Wildman–Crippen MR) is 78.8 cm³/mol. The summed E-state index contributed by atoms with van der Waals surface area (Å²) in [5.41, 5.74) is 1.31. The van der Waals surface area contributed by atoms with E-state index in [0.29, 0.717) is 29.0 Å². The van der Waals surface area contributed by atoms with E-state index in [2.05, 4.69) is 0 Å². The molecule has 0 aliphatic rings. The molecule has 2 aromatic carbocycles. The quantitative estimate of drug-likeness (QED) is 0.625. The second kappa shape index (κ2) is 6.70. The summed E-state index contributed by atoms with van der Waals surface area (Å²) in [6.45, 7) is 2.04. The van der Waals surface area contributed by atoms with Crippen LogP contribution in [0, 0.1) is 0 Å². The first-order chi connectivity index (χ1) is 10.2. The predicted octanol–water partition coefficient (Wildman–Crippen LogP) is 3.10. The van der Waals surface area contributed by atoms with Crippen molar-refractivity contribution in [1.29, 1.82) is 0 Å². The molecule has 4 heteroatoms. The van der Waals surface area contributed by atoms with E-state index in [-0.39, 0.29) is 5.78 Å². The highest BCUT2D eigenvalue weighted by atomic mass is 16.5. The van der Waals surface area contributed by atoms with Gasteiger partial charge in [0.1, 0.15) is 5.75 Å². The number of esters is 1. The Labute approximate surface area is 123 Å².